The smallest absolute Gasteiger partial charge is 0.261 e. The summed E-state index contributed by atoms with van der Waals surface area (Å²) in [6, 6.07) is 14.2. The first-order chi connectivity index (χ1) is 10.9. The molecule has 23 heavy (non-hydrogen) atoms. The maximum Gasteiger partial charge on any atom is 0.261 e. The number of aromatic hydroxyl groups is 2. The second kappa shape index (κ2) is 5.48. The SMILES string of the molecule is Cc1c(O)cc(O)c2cc(S(=O)(=O)Nc3ccccc3)ccc12. The predicted octanol–water partition coefficient (Wildman–Crippen LogP) is 3.36. The predicted molar refractivity (Wildman–Crippen MR) is 89.3 cm³/mol. The third-order valence-corrected chi connectivity index (χ3v) is 5.04. The van der Waals surface area contributed by atoms with E-state index in [4.69, 9.17) is 0 Å². The summed E-state index contributed by atoms with van der Waals surface area (Å²) in [6.07, 6.45) is 0. The summed E-state index contributed by atoms with van der Waals surface area (Å²) in [7, 11) is -3.77. The molecule has 0 bridgehead atoms. The molecule has 0 heterocycles. The normalized spacial score (nSPS) is 11.5. The van der Waals surface area contributed by atoms with E-state index < -0.39 is 10.0 Å². The van der Waals surface area contributed by atoms with Gasteiger partial charge < -0.3 is 10.2 Å². The van der Waals surface area contributed by atoms with E-state index in [0.29, 0.717) is 22.0 Å². The minimum atomic E-state index is -3.77. The van der Waals surface area contributed by atoms with E-state index in [1.54, 1.807) is 43.3 Å². The molecular weight excluding hydrogens is 314 g/mol. The van der Waals surface area contributed by atoms with E-state index in [2.05, 4.69) is 4.72 Å². The fraction of sp³-hybridized carbons (Fsp3) is 0.0588. The monoisotopic (exact) mass is 329 g/mol. The highest BCUT2D eigenvalue weighted by Gasteiger charge is 2.17. The number of benzene rings is 3. The van der Waals surface area contributed by atoms with Crippen LogP contribution in [0, 0.1) is 6.92 Å². The molecule has 0 aliphatic rings. The first-order valence-corrected chi connectivity index (χ1v) is 8.40. The Bertz CT molecular complexity index is 982. The van der Waals surface area contributed by atoms with E-state index in [1.807, 2.05) is 0 Å². The van der Waals surface area contributed by atoms with Crippen molar-refractivity contribution in [3.63, 3.8) is 0 Å². The van der Waals surface area contributed by atoms with Crippen LogP contribution in [-0.4, -0.2) is 18.6 Å². The van der Waals surface area contributed by atoms with E-state index >= 15 is 0 Å². The van der Waals surface area contributed by atoms with Gasteiger partial charge >= 0.3 is 0 Å². The van der Waals surface area contributed by atoms with Crippen LogP contribution in [0.4, 0.5) is 5.69 Å². The molecule has 0 amide bonds. The number of hydrogen-bond acceptors (Lipinski definition) is 4. The van der Waals surface area contributed by atoms with E-state index in [1.165, 1.54) is 18.2 Å². The van der Waals surface area contributed by atoms with Crippen molar-refractivity contribution in [2.24, 2.45) is 0 Å². The van der Waals surface area contributed by atoms with Gasteiger partial charge in [0.2, 0.25) is 0 Å². The minimum Gasteiger partial charge on any atom is -0.508 e. The molecule has 118 valence electrons. The summed E-state index contributed by atoms with van der Waals surface area (Å²) >= 11 is 0. The van der Waals surface area contributed by atoms with Crippen LogP contribution in [0.2, 0.25) is 0 Å². The molecule has 0 unspecified atom stereocenters. The van der Waals surface area contributed by atoms with Crippen molar-refractivity contribution in [2.45, 2.75) is 11.8 Å². The van der Waals surface area contributed by atoms with Crippen molar-refractivity contribution < 1.29 is 18.6 Å². The van der Waals surface area contributed by atoms with Gasteiger partial charge in [-0.3, -0.25) is 4.72 Å². The maximum absolute atomic E-state index is 12.5. The number of anilines is 1. The van der Waals surface area contributed by atoms with E-state index in [0.717, 1.165) is 0 Å². The first-order valence-electron chi connectivity index (χ1n) is 6.91. The summed E-state index contributed by atoms with van der Waals surface area (Å²) in [6.45, 7) is 1.70. The first kappa shape index (κ1) is 15.2. The maximum atomic E-state index is 12.5. The molecule has 5 nitrogen and oxygen atoms in total. The standard InChI is InChI=1S/C17H15NO4S/c1-11-14-8-7-13(9-15(14)17(20)10-16(11)19)23(21,22)18-12-5-3-2-4-6-12/h2-10,18-20H,1H3. The fourth-order valence-corrected chi connectivity index (χ4v) is 3.49. The van der Waals surface area contributed by atoms with Crippen LogP contribution in [0.15, 0.2) is 59.5 Å². The van der Waals surface area contributed by atoms with Gasteiger partial charge in [0.1, 0.15) is 11.5 Å². The molecule has 0 saturated heterocycles. The summed E-state index contributed by atoms with van der Waals surface area (Å²) in [5.41, 5.74) is 1.04. The average molecular weight is 329 g/mol. The molecule has 0 aliphatic carbocycles. The molecule has 0 aliphatic heterocycles. The molecule has 0 spiro atoms. The van der Waals surface area contributed by atoms with Gasteiger partial charge in [-0.2, -0.15) is 0 Å². The molecule has 0 atom stereocenters. The Morgan fingerprint density at radius 3 is 2.26 bits per heavy atom. The van der Waals surface area contributed by atoms with E-state index in [9.17, 15) is 18.6 Å². The lowest BCUT2D eigenvalue weighted by atomic mass is 10.0. The van der Waals surface area contributed by atoms with Crippen molar-refractivity contribution in [2.75, 3.05) is 4.72 Å². The molecule has 0 radical (unpaired) electrons. The Balaban J connectivity index is 2.10. The van der Waals surface area contributed by atoms with Crippen LogP contribution < -0.4 is 4.72 Å². The number of sulfonamides is 1. The zero-order valence-electron chi connectivity index (χ0n) is 12.3. The molecule has 0 saturated carbocycles. The van der Waals surface area contributed by atoms with Gasteiger partial charge in [0.25, 0.3) is 10.0 Å². The van der Waals surface area contributed by atoms with Crippen molar-refractivity contribution >= 4 is 26.5 Å². The molecule has 3 aromatic carbocycles. The molecule has 0 aromatic heterocycles. The number of phenols is 2. The Kier molecular flexibility index (Phi) is 3.61. The quantitative estimate of drug-likeness (QED) is 0.687. The third kappa shape index (κ3) is 2.80. The van der Waals surface area contributed by atoms with Gasteiger partial charge in [0.05, 0.1) is 4.90 Å². The summed E-state index contributed by atoms with van der Waals surface area (Å²) in [5, 5.41) is 20.7. The van der Waals surface area contributed by atoms with Crippen LogP contribution in [0.5, 0.6) is 11.5 Å². The Morgan fingerprint density at radius 2 is 1.57 bits per heavy atom. The Morgan fingerprint density at radius 1 is 0.870 bits per heavy atom. The third-order valence-electron chi connectivity index (χ3n) is 3.66. The van der Waals surface area contributed by atoms with Gasteiger partial charge in [0, 0.05) is 17.1 Å². The van der Waals surface area contributed by atoms with Crippen LogP contribution >= 0.6 is 0 Å². The van der Waals surface area contributed by atoms with Crippen LogP contribution in [-0.2, 0) is 10.0 Å². The Labute approximate surface area is 133 Å². The second-order valence-electron chi connectivity index (χ2n) is 5.22. The number of aryl methyl sites for hydroxylation is 1. The molecular formula is C17H15NO4S. The van der Waals surface area contributed by atoms with Gasteiger partial charge in [-0.1, -0.05) is 24.3 Å². The van der Waals surface area contributed by atoms with E-state index in [-0.39, 0.29) is 16.4 Å². The molecule has 0 fully saturated rings. The topological polar surface area (TPSA) is 86.6 Å². The lowest BCUT2D eigenvalue weighted by Gasteiger charge is -2.11. The van der Waals surface area contributed by atoms with Gasteiger partial charge in [0.15, 0.2) is 0 Å². The second-order valence-corrected chi connectivity index (χ2v) is 6.90. The number of phenolic OH excluding ortho intramolecular Hbond substituents is 2. The number of rotatable bonds is 3. The van der Waals surface area contributed by atoms with Crippen molar-refractivity contribution in [1.82, 2.24) is 0 Å². The summed E-state index contributed by atoms with van der Waals surface area (Å²) < 4.78 is 27.4. The van der Waals surface area contributed by atoms with Crippen molar-refractivity contribution in [1.29, 1.82) is 0 Å². The molecule has 6 heteroatoms. The molecule has 3 rings (SSSR count). The van der Waals surface area contributed by atoms with Crippen LogP contribution in [0.3, 0.4) is 0 Å². The van der Waals surface area contributed by atoms with Gasteiger partial charge in [-0.05, 0) is 42.1 Å². The average Bonchev–Trinajstić information content (AvgIpc) is 2.53. The van der Waals surface area contributed by atoms with Crippen LogP contribution in [0.25, 0.3) is 10.8 Å². The highest BCUT2D eigenvalue weighted by molar-refractivity contribution is 7.92. The van der Waals surface area contributed by atoms with Crippen molar-refractivity contribution in [3.05, 3.63) is 60.2 Å². The molecule has 3 N–H and O–H groups in total. The number of fused-ring (bicyclic) bond motifs is 1. The lowest BCUT2D eigenvalue weighted by Crippen LogP contribution is -2.12. The zero-order chi connectivity index (χ0) is 16.6. The summed E-state index contributed by atoms with van der Waals surface area (Å²) in [5.74, 6) is -0.201. The number of nitrogens with one attached hydrogen (secondary N) is 1. The highest BCUT2D eigenvalue weighted by atomic mass is 32.2. The van der Waals surface area contributed by atoms with Crippen LogP contribution in [0.1, 0.15) is 5.56 Å². The zero-order valence-corrected chi connectivity index (χ0v) is 13.1. The summed E-state index contributed by atoms with van der Waals surface area (Å²) in [4.78, 5) is 0.0363. The lowest BCUT2D eigenvalue weighted by molar-refractivity contribution is 0.452. The highest BCUT2D eigenvalue weighted by Crippen LogP contribution is 2.35. The van der Waals surface area contributed by atoms with Gasteiger partial charge in [-0.25, -0.2) is 8.42 Å². The van der Waals surface area contributed by atoms with Crippen molar-refractivity contribution in [3.8, 4) is 11.5 Å². The number of para-hydroxylation sites is 1. The Hall–Kier alpha value is -2.73. The fourth-order valence-electron chi connectivity index (χ4n) is 2.40. The molecule has 3 aromatic rings. The van der Waals surface area contributed by atoms with Gasteiger partial charge in [-0.15, -0.1) is 0 Å². The minimum absolute atomic E-state index is 0.0342. The number of hydrogen-bond donors (Lipinski definition) is 3. The largest absolute Gasteiger partial charge is 0.508 e.